The Morgan fingerprint density at radius 1 is 1.33 bits per heavy atom. The molecular weight excluding hydrogens is 202 g/mol. The first kappa shape index (κ1) is 10.5. The lowest BCUT2D eigenvalue weighted by molar-refractivity contribution is 0.149. The predicted octanol–water partition coefficient (Wildman–Crippen LogP) is 2.09. The van der Waals surface area contributed by atoms with Crippen LogP contribution >= 0.6 is 0 Å². The van der Waals surface area contributed by atoms with Crippen LogP contribution in [0.25, 0.3) is 0 Å². The molecule has 0 spiro atoms. The maximum atomic E-state index is 13.4. The van der Waals surface area contributed by atoms with Crippen molar-refractivity contribution in [1.29, 1.82) is 0 Å². The van der Waals surface area contributed by atoms with Crippen molar-refractivity contribution in [1.82, 2.24) is 0 Å². The van der Waals surface area contributed by atoms with Gasteiger partial charge in [0, 0.05) is 12.7 Å². The van der Waals surface area contributed by atoms with Gasteiger partial charge in [-0.15, -0.1) is 0 Å². The molecule has 4 heteroatoms. The number of benzene rings is 1. The van der Waals surface area contributed by atoms with E-state index in [9.17, 15) is 13.9 Å². The molecule has 0 atom stereocenters. The van der Waals surface area contributed by atoms with Crippen LogP contribution in [0.2, 0.25) is 0 Å². The Kier molecular flexibility index (Phi) is 2.48. The average Bonchev–Trinajstić information content (AvgIpc) is 2.91. The van der Waals surface area contributed by atoms with Gasteiger partial charge in [-0.05, 0) is 30.5 Å². The molecule has 0 saturated heterocycles. The van der Waals surface area contributed by atoms with Gasteiger partial charge >= 0.3 is 0 Å². The van der Waals surface area contributed by atoms with E-state index in [4.69, 9.17) is 0 Å². The first-order chi connectivity index (χ1) is 7.07. The highest BCUT2D eigenvalue weighted by molar-refractivity contribution is 5.32. The third kappa shape index (κ3) is 1.87. The fourth-order valence-corrected chi connectivity index (χ4v) is 1.56. The zero-order chi connectivity index (χ0) is 11.1. The summed E-state index contributed by atoms with van der Waals surface area (Å²) in [5.41, 5.74) is -0.782. The number of rotatable bonds is 3. The number of halogens is 2. The van der Waals surface area contributed by atoms with Crippen LogP contribution in [-0.2, 0) is 16.9 Å². The van der Waals surface area contributed by atoms with Crippen molar-refractivity contribution in [2.24, 2.45) is 0 Å². The largest absolute Gasteiger partial charge is 0.385 e. The summed E-state index contributed by atoms with van der Waals surface area (Å²) in [6, 6.07) is 2.37. The minimum absolute atomic E-state index is 0.0921. The molecule has 0 aromatic heterocycles. The molecule has 0 unspecified atom stereocenters. The van der Waals surface area contributed by atoms with Gasteiger partial charge in [-0.25, -0.2) is 8.78 Å². The lowest BCUT2D eigenvalue weighted by Crippen LogP contribution is -2.08. The summed E-state index contributed by atoms with van der Waals surface area (Å²) in [5, 5.41) is 9.71. The third-order valence-electron chi connectivity index (χ3n) is 2.69. The minimum Gasteiger partial charge on any atom is -0.385 e. The van der Waals surface area contributed by atoms with Gasteiger partial charge in [0.1, 0.15) is 11.6 Å². The molecule has 1 N–H and O–H groups in total. The van der Waals surface area contributed by atoms with Crippen LogP contribution in [0.15, 0.2) is 12.1 Å². The Hall–Kier alpha value is -1.00. The number of hydrogen-bond donors (Lipinski definition) is 1. The van der Waals surface area contributed by atoms with Crippen molar-refractivity contribution >= 4 is 0 Å². The summed E-state index contributed by atoms with van der Waals surface area (Å²) < 4.78 is 31.5. The lowest BCUT2D eigenvalue weighted by atomic mass is 10.0. The molecule has 1 fully saturated rings. The zero-order valence-corrected chi connectivity index (χ0v) is 8.39. The summed E-state index contributed by atoms with van der Waals surface area (Å²) in [6.45, 7) is -0.101. The monoisotopic (exact) mass is 214 g/mol. The average molecular weight is 214 g/mol. The van der Waals surface area contributed by atoms with E-state index in [1.54, 1.807) is 0 Å². The predicted molar refractivity (Wildman–Crippen MR) is 50.2 cm³/mol. The second kappa shape index (κ2) is 3.54. The first-order valence-electron chi connectivity index (χ1n) is 4.76. The maximum Gasteiger partial charge on any atom is 0.132 e. The van der Waals surface area contributed by atoms with Crippen LogP contribution < -0.4 is 0 Å². The van der Waals surface area contributed by atoms with E-state index in [2.05, 4.69) is 4.74 Å². The molecule has 1 saturated carbocycles. The second-order valence-corrected chi connectivity index (χ2v) is 3.88. The van der Waals surface area contributed by atoms with Gasteiger partial charge in [0.25, 0.3) is 0 Å². The Balaban J connectivity index is 2.38. The van der Waals surface area contributed by atoms with Gasteiger partial charge in [-0.3, -0.25) is 0 Å². The van der Waals surface area contributed by atoms with E-state index in [1.165, 1.54) is 19.2 Å². The minimum atomic E-state index is -1.01. The van der Waals surface area contributed by atoms with Gasteiger partial charge in [0.2, 0.25) is 0 Å². The molecule has 1 aromatic carbocycles. The van der Waals surface area contributed by atoms with Crippen molar-refractivity contribution in [2.75, 3.05) is 7.11 Å². The van der Waals surface area contributed by atoms with Crippen LogP contribution in [0.3, 0.4) is 0 Å². The summed E-state index contributed by atoms with van der Waals surface area (Å²) in [4.78, 5) is 0. The maximum absolute atomic E-state index is 13.4. The highest BCUT2D eigenvalue weighted by Crippen LogP contribution is 2.45. The molecule has 1 aliphatic carbocycles. The van der Waals surface area contributed by atoms with E-state index in [1.807, 2.05) is 0 Å². The van der Waals surface area contributed by atoms with Gasteiger partial charge in [0.05, 0.1) is 12.2 Å². The van der Waals surface area contributed by atoms with Crippen LogP contribution in [-0.4, -0.2) is 12.2 Å². The highest BCUT2D eigenvalue weighted by Gasteiger charge is 2.42. The molecule has 15 heavy (non-hydrogen) atoms. The Bertz CT molecular complexity index is 363. The lowest BCUT2D eigenvalue weighted by Gasteiger charge is -2.11. The first-order valence-corrected chi connectivity index (χ1v) is 4.76. The van der Waals surface area contributed by atoms with Gasteiger partial charge < -0.3 is 9.84 Å². The molecule has 0 amide bonds. The standard InChI is InChI=1S/C11H12F2O2/c1-15-6-8-9(12)4-7(5-10(8)13)11(14)2-3-11/h4-5,14H,2-3,6H2,1H3. The Morgan fingerprint density at radius 2 is 1.87 bits per heavy atom. The van der Waals surface area contributed by atoms with Crippen LogP contribution in [0.1, 0.15) is 24.0 Å². The number of methoxy groups -OCH3 is 1. The molecule has 82 valence electrons. The van der Waals surface area contributed by atoms with E-state index >= 15 is 0 Å². The second-order valence-electron chi connectivity index (χ2n) is 3.88. The number of hydrogen-bond acceptors (Lipinski definition) is 2. The van der Waals surface area contributed by atoms with E-state index in [0.717, 1.165) is 0 Å². The van der Waals surface area contributed by atoms with Crippen LogP contribution in [0.5, 0.6) is 0 Å². The van der Waals surface area contributed by atoms with E-state index < -0.39 is 17.2 Å². The molecular formula is C11H12F2O2. The van der Waals surface area contributed by atoms with Crippen molar-refractivity contribution in [3.05, 3.63) is 34.9 Å². The zero-order valence-electron chi connectivity index (χ0n) is 8.39. The normalized spacial score (nSPS) is 17.9. The fourth-order valence-electron chi connectivity index (χ4n) is 1.56. The smallest absolute Gasteiger partial charge is 0.132 e. The number of ether oxygens (including phenoxy) is 1. The molecule has 0 radical (unpaired) electrons. The fraction of sp³-hybridized carbons (Fsp3) is 0.455. The van der Waals surface area contributed by atoms with E-state index in [0.29, 0.717) is 18.4 Å². The molecule has 0 bridgehead atoms. The van der Waals surface area contributed by atoms with Crippen molar-refractivity contribution in [3.63, 3.8) is 0 Å². The van der Waals surface area contributed by atoms with Gasteiger partial charge in [0.15, 0.2) is 0 Å². The molecule has 0 aliphatic heterocycles. The van der Waals surface area contributed by atoms with Crippen LogP contribution in [0, 0.1) is 11.6 Å². The molecule has 0 heterocycles. The summed E-state index contributed by atoms with van der Waals surface area (Å²) in [6.07, 6.45) is 1.13. The quantitative estimate of drug-likeness (QED) is 0.834. The highest BCUT2D eigenvalue weighted by atomic mass is 19.1. The van der Waals surface area contributed by atoms with Gasteiger partial charge in [-0.2, -0.15) is 0 Å². The molecule has 1 aromatic rings. The molecule has 2 rings (SSSR count). The van der Waals surface area contributed by atoms with Gasteiger partial charge in [-0.1, -0.05) is 0 Å². The molecule has 2 nitrogen and oxygen atoms in total. The Morgan fingerprint density at radius 3 is 2.27 bits per heavy atom. The van der Waals surface area contributed by atoms with Crippen LogP contribution in [0.4, 0.5) is 8.78 Å². The number of aliphatic hydroxyl groups is 1. The van der Waals surface area contributed by atoms with E-state index in [-0.39, 0.29) is 12.2 Å². The summed E-state index contributed by atoms with van der Waals surface area (Å²) in [5.74, 6) is -1.32. The third-order valence-corrected chi connectivity index (χ3v) is 2.69. The summed E-state index contributed by atoms with van der Waals surface area (Å²) in [7, 11) is 1.38. The summed E-state index contributed by atoms with van der Waals surface area (Å²) >= 11 is 0. The van der Waals surface area contributed by atoms with Crippen molar-refractivity contribution in [3.8, 4) is 0 Å². The van der Waals surface area contributed by atoms with Crippen molar-refractivity contribution < 1.29 is 18.6 Å². The molecule has 1 aliphatic rings. The SMILES string of the molecule is COCc1c(F)cc(C2(O)CC2)cc1F. The Labute approximate surface area is 86.5 Å². The van der Waals surface area contributed by atoms with Crippen molar-refractivity contribution in [2.45, 2.75) is 25.0 Å². The topological polar surface area (TPSA) is 29.5 Å².